The molecule has 0 radical (unpaired) electrons. The molecule has 2 rings (SSSR count). The van der Waals surface area contributed by atoms with Gasteiger partial charge in [0.1, 0.15) is 5.75 Å². The van der Waals surface area contributed by atoms with Crippen LogP contribution < -0.4 is 20.9 Å². The number of carbonyl (C=O) groups is 1. The van der Waals surface area contributed by atoms with Gasteiger partial charge in [-0.25, -0.2) is 0 Å². The topological polar surface area (TPSA) is 62.4 Å². The van der Waals surface area contributed by atoms with Gasteiger partial charge >= 0.3 is 0 Å². The van der Waals surface area contributed by atoms with Crippen molar-refractivity contribution in [1.29, 1.82) is 0 Å². The second-order valence-corrected chi connectivity index (χ2v) is 5.36. The van der Waals surface area contributed by atoms with E-state index >= 15 is 0 Å². The van der Waals surface area contributed by atoms with Crippen molar-refractivity contribution in [1.82, 2.24) is 16.2 Å². The summed E-state index contributed by atoms with van der Waals surface area (Å²) in [6, 6.07) is 15.2. The molecule has 0 aliphatic carbocycles. The number of methoxy groups -OCH3 is 1. The fourth-order valence-corrected chi connectivity index (χ4v) is 2.11. The van der Waals surface area contributed by atoms with Crippen LogP contribution in [0.2, 0.25) is 0 Å². The number of amides is 1. The number of benzene rings is 2. The van der Waals surface area contributed by atoms with Crippen LogP contribution >= 0.6 is 12.2 Å². The van der Waals surface area contributed by atoms with Gasteiger partial charge in [-0.1, -0.05) is 36.4 Å². The first kappa shape index (κ1) is 16.8. The Balaban J connectivity index is 1.85. The van der Waals surface area contributed by atoms with Crippen LogP contribution in [0.3, 0.4) is 0 Å². The van der Waals surface area contributed by atoms with Gasteiger partial charge in [-0.2, -0.15) is 0 Å². The average molecular weight is 329 g/mol. The minimum atomic E-state index is -0.314. The van der Waals surface area contributed by atoms with Crippen molar-refractivity contribution < 1.29 is 9.53 Å². The predicted octanol–water partition coefficient (Wildman–Crippen LogP) is 2.31. The third kappa shape index (κ3) is 4.96. The van der Waals surface area contributed by atoms with Crippen LogP contribution in [-0.2, 0) is 6.54 Å². The summed E-state index contributed by atoms with van der Waals surface area (Å²) in [6.45, 7) is 2.52. The number of nitrogens with one attached hydrogen (secondary N) is 3. The maximum absolute atomic E-state index is 12.2. The Hall–Kier alpha value is -2.60. The van der Waals surface area contributed by atoms with E-state index in [1.54, 1.807) is 12.1 Å². The number of rotatable bonds is 4. The number of aryl methyl sites for hydroxylation is 1. The van der Waals surface area contributed by atoms with Crippen LogP contribution in [0.4, 0.5) is 0 Å². The van der Waals surface area contributed by atoms with E-state index in [9.17, 15) is 4.79 Å². The highest BCUT2D eigenvalue weighted by atomic mass is 32.1. The summed E-state index contributed by atoms with van der Waals surface area (Å²) in [5.41, 5.74) is 7.80. The average Bonchev–Trinajstić information content (AvgIpc) is 2.58. The van der Waals surface area contributed by atoms with E-state index in [1.807, 2.05) is 43.3 Å². The van der Waals surface area contributed by atoms with E-state index in [0.29, 0.717) is 23.0 Å². The number of hydrogen-bond donors (Lipinski definition) is 3. The number of ether oxygens (including phenoxy) is 1. The molecule has 0 saturated heterocycles. The van der Waals surface area contributed by atoms with Crippen LogP contribution in [0, 0.1) is 6.92 Å². The molecule has 0 aliphatic heterocycles. The van der Waals surface area contributed by atoms with Crippen LogP contribution in [-0.4, -0.2) is 18.1 Å². The van der Waals surface area contributed by atoms with Crippen molar-refractivity contribution in [2.75, 3.05) is 7.11 Å². The maximum Gasteiger partial charge on any atom is 0.273 e. The van der Waals surface area contributed by atoms with E-state index in [0.717, 1.165) is 11.1 Å². The lowest BCUT2D eigenvalue weighted by molar-refractivity contribution is 0.0940. The van der Waals surface area contributed by atoms with E-state index in [1.165, 1.54) is 7.11 Å². The third-order valence-electron chi connectivity index (χ3n) is 3.19. The molecule has 0 unspecified atom stereocenters. The first-order chi connectivity index (χ1) is 11.1. The Labute approximate surface area is 141 Å². The Morgan fingerprint density at radius 2 is 1.87 bits per heavy atom. The third-order valence-corrected chi connectivity index (χ3v) is 3.43. The van der Waals surface area contributed by atoms with Crippen molar-refractivity contribution in [3.8, 4) is 5.75 Å². The molecular weight excluding hydrogens is 310 g/mol. The van der Waals surface area contributed by atoms with Crippen LogP contribution in [0.15, 0.2) is 48.5 Å². The molecule has 5 nitrogen and oxygen atoms in total. The van der Waals surface area contributed by atoms with E-state index < -0.39 is 0 Å². The number of hydrogen-bond acceptors (Lipinski definition) is 3. The molecule has 0 atom stereocenters. The normalized spacial score (nSPS) is 9.83. The Morgan fingerprint density at radius 1 is 1.13 bits per heavy atom. The molecule has 0 aromatic heterocycles. The first-order valence-corrected chi connectivity index (χ1v) is 7.53. The number of thiocarbonyl (C=S) groups is 1. The predicted molar refractivity (Wildman–Crippen MR) is 94.2 cm³/mol. The molecule has 0 bridgehead atoms. The lowest BCUT2D eigenvalue weighted by Gasteiger charge is -2.13. The molecule has 6 heteroatoms. The second-order valence-electron chi connectivity index (χ2n) is 4.95. The molecule has 3 N–H and O–H groups in total. The highest BCUT2D eigenvalue weighted by molar-refractivity contribution is 7.80. The monoisotopic (exact) mass is 329 g/mol. The lowest BCUT2D eigenvalue weighted by Crippen LogP contribution is -2.46. The van der Waals surface area contributed by atoms with Gasteiger partial charge in [0.2, 0.25) is 0 Å². The minimum Gasteiger partial charge on any atom is -0.496 e. The maximum atomic E-state index is 12.2. The van der Waals surface area contributed by atoms with Crippen LogP contribution in [0.25, 0.3) is 0 Å². The summed E-state index contributed by atoms with van der Waals surface area (Å²) in [4.78, 5) is 12.2. The quantitative estimate of drug-likeness (QED) is 0.593. The first-order valence-electron chi connectivity index (χ1n) is 7.13. The van der Waals surface area contributed by atoms with Crippen LogP contribution in [0.1, 0.15) is 21.5 Å². The van der Waals surface area contributed by atoms with Crippen LogP contribution in [0.5, 0.6) is 5.75 Å². The standard InChI is InChI=1S/C17H19N3O2S/c1-12-8-9-14(15(10-12)22-2)16(21)19-20-17(23)18-11-13-6-4-3-5-7-13/h3-10H,11H2,1-2H3,(H,19,21)(H2,18,20,23). The fraction of sp³-hybridized carbons (Fsp3) is 0.176. The zero-order chi connectivity index (χ0) is 16.7. The Kier molecular flexibility index (Phi) is 5.94. The highest BCUT2D eigenvalue weighted by Crippen LogP contribution is 2.19. The van der Waals surface area contributed by atoms with Gasteiger partial charge in [0.05, 0.1) is 12.7 Å². The summed E-state index contributed by atoms with van der Waals surface area (Å²) in [7, 11) is 1.53. The van der Waals surface area contributed by atoms with Crippen molar-refractivity contribution in [2.24, 2.45) is 0 Å². The van der Waals surface area contributed by atoms with Gasteiger partial charge in [0.15, 0.2) is 5.11 Å². The minimum absolute atomic E-state index is 0.314. The van der Waals surface area contributed by atoms with Gasteiger partial charge in [-0.05, 0) is 42.4 Å². The molecule has 2 aromatic carbocycles. The molecule has 120 valence electrons. The molecule has 0 saturated carbocycles. The number of carbonyl (C=O) groups excluding carboxylic acids is 1. The van der Waals surface area contributed by atoms with Crippen molar-refractivity contribution >= 4 is 23.2 Å². The summed E-state index contributed by atoms with van der Waals surface area (Å²) in [5, 5.41) is 3.36. The summed E-state index contributed by atoms with van der Waals surface area (Å²) >= 11 is 5.14. The van der Waals surface area contributed by atoms with Crippen molar-refractivity contribution in [2.45, 2.75) is 13.5 Å². The highest BCUT2D eigenvalue weighted by Gasteiger charge is 2.12. The molecule has 23 heavy (non-hydrogen) atoms. The summed E-state index contributed by atoms with van der Waals surface area (Å²) < 4.78 is 5.22. The van der Waals surface area contributed by atoms with Gasteiger partial charge in [-0.3, -0.25) is 15.6 Å². The molecule has 1 amide bonds. The van der Waals surface area contributed by atoms with E-state index in [4.69, 9.17) is 17.0 Å². The largest absolute Gasteiger partial charge is 0.496 e. The van der Waals surface area contributed by atoms with E-state index in [2.05, 4.69) is 16.2 Å². The smallest absolute Gasteiger partial charge is 0.273 e. The summed E-state index contributed by atoms with van der Waals surface area (Å²) in [5.74, 6) is 0.207. The van der Waals surface area contributed by atoms with Crippen molar-refractivity contribution in [3.05, 3.63) is 65.2 Å². The molecule has 0 heterocycles. The Bertz CT molecular complexity index is 689. The van der Waals surface area contributed by atoms with Gasteiger partial charge in [-0.15, -0.1) is 0 Å². The van der Waals surface area contributed by atoms with Crippen molar-refractivity contribution in [3.63, 3.8) is 0 Å². The molecular formula is C17H19N3O2S. The van der Waals surface area contributed by atoms with Gasteiger partial charge < -0.3 is 10.1 Å². The lowest BCUT2D eigenvalue weighted by atomic mass is 10.1. The van der Waals surface area contributed by atoms with Gasteiger partial charge in [0, 0.05) is 6.54 Å². The molecule has 0 aliphatic rings. The Morgan fingerprint density at radius 3 is 2.57 bits per heavy atom. The number of hydrazine groups is 1. The zero-order valence-electron chi connectivity index (χ0n) is 13.1. The molecule has 0 spiro atoms. The molecule has 0 fully saturated rings. The fourth-order valence-electron chi connectivity index (χ4n) is 1.99. The zero-order valence-corrected chi connectivity index (χ0v) is 13.9. The van der Waals surface area contributed by atoms with E-state index in [-0.39, 0.29) is 5.91 Å². The second kappa shape index (κ2) is 8.14. The summed E-state index contributed by atoms with van der Waals surface area (Å²) in [6.07, 6.45) is 0. The van der Waals surface area contributed by atoms with Gasteiger partial charge in [0.25, 0.3) is 5.91 Å². The SMILES string of the molecule is COc1cc(C)ccc1C(=O)NNC(=S)NCc1ccccc1. The molecule has 2 aromatic rings.